The van der Waals surface area contributed by atoms with Gasteiger partial charge >= 0.3 is 6.09 Å². The molecule has 3 atom stereocenters. The Morgan fingerprint density at radius 3 is 2.25 bits per heavy atom. The van der Waals surface area contributed by atoms with Crippen molar-refractivity contribution in [2.24, 2.45) is 0 Å². The Morgan fingerprint density at radius 2 is 1.71 bits per heavy atom. The second kappa shape index (κ2) is 6.75. The van der Waals surface area contributed by atoms with Gasteiger partial charge in [0.25, 0.3) is 0 Å². The molecule has 4 nitrogen and oxygen atoms in total. The second-order valence-electron chi connectivity index (χ2n) is 8.16. The number of aryl methyl sites for hydroxylation is 1. The third-order valence-electron chi connectivity index (χ3n) is 4.90. The number of fused-ring (bicyclic) bond motifs is 2. The lowest BCUT2D eigenvalue weighted by Crippen LogP contribution is -2.50. The van der Waals surface area contributed by atoms with Crippen LogP contribution in [0.25, 0.3) is 0 Å². The van der Waals surface area contributed by atoms with Gasteiger partial charge in [0.1, 0.15) is 5.60 Å². The topological polar surface area (TPSA) is 38.8 Å². The molecular formula is C20H29NO3. The number of amides is 1. The molecule has 1 amide bonds. The van der Waals surface area contributed by atoms with Crippen LogP contribution in [0.3, 0.4) is 0 Å². The smallest absolute Gasteiger partial charge is 0.410 e. The SMILES string of the molecule is Cc1ccc(CO[C@H]2C[C@H]3CC[C@@H](C2)N3C(=O)OC(C)(C)C)cc1. The molecular weight excluding hydrogens is 302 g/mol. The van der Waals surface area contributed by atoms with Gasteiger partial charge in [0.2, 0.25) is 0 Å². The highest BCUT2D eigenvalue weighted by atomic mass is 16.6. The van der Waals surface area contributed by atoms with Gasteiger partial charge in [-0.15, -0.1) is 0 Å². The lowest BCUT2D eigenvalue weighted by Gasteiger charge is -2.39. The predicted molar refractivity (Wildman–Crippen MR) is 93.9 cm³/mol. The number of rotatable bonds is 3. The van der Waals surface area contributed by atoms with E-state index in [1.54, 1.807) is 0 Å². The van der Waals surface area contributed by atoms with Crippen LogP contribution in [0.5, 0.6) is 0 Å². The van der Waals surface area contributed by atoms with Crippen LogP contribution >= 0.6 is 0 Å². The molecule has 1 aromatic rings. The van der Waals surface area contributed by atoms with Gasteiger partial charge in [-0.3, -0.25) is 0 Å². The van der Waals surface area contributed by atoms with Gasteiger partial charge in [-0.25, -0.2) is 4.79 Å². The lowest BCUT2D eigenvalue weighted by molar-refractivity contribution is -0.0396. The summed E-state index contributed by atoms with van der Waals surface area (Å²) in [6.45, 7) is 8.50. The second-order valence-corrected chi connectivity index (χ2v) is 8.16. The zero-order valence-electron chi connectivity index (χ0n) is 15.2. The average Bonchev–Trinajstić information content (AvgIpc) is 2.76. The summed E-state index contributed by atoms with van der Waals surface area (Å²) >= 11 is 0. The fraction of sp³-hybridized carbons (Fsp3) is 0.650. The summed E-state index contributed by atoms with van der Waals surface area (Å²) in [5, 5.41) is 0. The van der Waals surface area contributed by atoms with Gasteiger partial charge in [-0.1, -0.05) is 29.8 Å². The van der Waals surface area contributed by atoms with Crippen molar-refractivity contribution in [3.63, 3.8) is 0 Å². The first-order chi connectivity index (χ1) is 11.3. The van der Waals surface area contributed by atoms with Crippen LogP contribution in [0.15, 0.2) is 24.3 Å². The minimum Gasteiger partial charge on any atom is -0.444 e. The molecule has 2 heterocycles. The molecule has 0 spiro atoms. The fourth-order valence-electron chi connectivity index (χ4n) is 3.77. The van der Waals surface area contributed by atoms with E-state index in [1.807, 2.05) is 25.7 Å². The van der Waals surface area contributed by atoms with Crippen LogP contribution in [0.2, 0.25) is 0 Å². The fourth-order valence-corrected chi connectivity index (χ4v) is 3.77. The van der Waals surface area contributed by atoms with Crippen LogP contribution in [0.1, 0.15) is 57.6 Å². The Morgan fingerprint density at radius 1 is 1.12 bits per heavy atom. The third-order valence-corrected chi connectivity index (χ3v) is 4.90. The Hall–Kier alpha value is -1.55. The van der Waals surface area contributed by atoms with E-state index in [9.17, 15) is 4.79 Å². The molecule has 2 aliphatic heterocycles. The van der Waals surface area contributed by atoms with E-state index < -0.39 is 5.60 Å². The highest BCUT2D eigenvalue weighted by Gasteiger charge is 2.45. The highest BCUT2D eigenvalue weighted by Crippen LogP contribution is 2.38. The number of hydrogen-bond acceptors (Lipinski definition) is 3. The molecule has 4 heteroatoms. The normalized spacial score (nSPS) is 26.5. The van der Waals surface area contributed by atoms with Gasteiger partial charge < -0.3 is 14.4 Å². The number of nitrogens with zero attached hydrogens (tertiary/aromatic N) is 1. The summed E-state index contributed by atoms with van der Waals surface area (Å²) in [5.41, 5.74) is 2.04. The van der Waals surface area contributed by atoms with E-state index in [4.69, 9.17) is 9.47 Å². The van der Waals surface area contributed by atoms with E-state index in [1.165, 1.54) is 11.1 Å². The summed E-state index contributed by atoms with van der Waals surface area (Å²) in [4.78, 5) is 14.4. The summed E-state index contributed by atoms with van der Waals surface area (Å²) in [6, 6.07) is 9.02. The first-order valence-corrected chi connectivity index (χ1v) is 9.00. The predicted octanol–water partition coefficient (Wildman–Crippen LogP) is 4.44. The third kappa shape index (κ3) is 4.10. The highest BCUT2D eigenvalue weighted by molar-refractivity contribution is 5.69. The van der Waals surface area contributed by atoms with Crippen LogP contribution in [-0.2, 0) is 16.1 Å². The van der Waals surface area contributed by atoms with Crippen LogP contribution in [0, 0.1) is 6.92 Å². The lowest BCUT2D eigenvalue weighted by atomic mass is 10.00. The molecule has 0 N–H and O–H groups in total. The van der Waals surface area contributed by atoms with Crippen molar-refractivity contribution in [2.45, 2.75) is 83.8 Å². The van der Waals surface area contributed by atoms with Gasteiger partial charge in [-0.2, -0.15) is 0 Å². The molecule has 0 saturated carbocycles. The quantitative estimate of drug-likeness (QED) is 0.822. The van der Waals surface area contributed by atoms with Gasteiger partial charge in [0.05, 0.1) is 12.7 Å². The maximum absolute atomic E-state index is 12.5. The van der Waals surface area contributed by atoms with E-state index >= 15 is 0 Å². The molecule has 132 valence electrons. The minimum absolute atomic E-state index is 0.160. The van der Waals surface area contributed by atoms with E-state index in [0.29, 0.717) is 6.61 Å². The van der Waals surface area contributed by atoms with Crippen LogP contribution < -0.4 is 0 Å². The maximum atomic E-state index is 12.5. The number of piperidine rings is 1. The van der Waals surface area contributed by atoms with Crippen molar-refractivity contribution < 1.29 is 14.3 Å². The van der Waals surface area contributed by atoms with Crippen molar-refractivity contribution in [2.75, 3.05) is 0 Å². The van der Waals surface area contributed by atoms with Crippen molar-refractivity contribution in [3.8, 4) is 0 Å². The Balaban J connectivity index is 1.55. The molecule has 0 aliphatic carbocycles. The molecule has 24 heavy (non-hydrogen) atoms. The molecule has 1 aromatic carbocycles. The van der Waals surface area contributed by atoms with Crippen molar-refractivity contribution >= 4 is 6.09 Å². The van der Waals surface area contributed by atoms with Crippen molar-refractivity contribution in [1.82, 2.24) is 4.90 Å². The largest absolute Gasteiger partial charge is 0.444 e. The van der Waals surface area contributed by atoms with E-state index in [-0.39, 0.29) is 24.3 Å². The molecule has 2 saturated heterocycles. The molecule has 0 unspecified atom stereocenters. The number of ether oxygens (including phenoxy) is 2. The Bertz CT molecular complexity index is 562. The molecule has 2 fully saturated rings. The van der Waals surface area contributed by atoms with Gasteiger partial charge in [0.15, 0.2) is 0 Å². The van der Waals surface area contributed by atoms with Crippen LogP contribution in [0.4, 0.5) is 4.79 Å². The molecule has 0 radical (unpaired) electrons. The Labute approximate surface area is 145 Å². The number of hydrogen-bond donors (Lipinski definition) is 0. The number of benzene rings is 1. The van der Waals surface area contributed by atoms with Crippen LogP contribution in [-0.4, -0.2) is 34.8 Å². The summed E-state index contributed by atoms with van der Waals surface area (Å²) < 4.78 is 11.7. The minimum atomic E-state index is -0.435. The molecule has 3 rings (SSSR count). The maximum Gasteiger partial charge on any atom is 0.410 e. The summed E-state index contributed by atoms with van der Waals surface area (Å²) in [5.74, 6) is 0. The van der Waals surface area contributed by atoms with E-state index in [2.05, 4.69) is 31.2 Å². The van der Waals surface area contributed by atoms with Crippen molar-refractivity contribution in [1.29, 1.82) is 0 Å². The summed E-state index contributed by atoms with van der Waals surface area (Å²) in [7, 11) is 0. The average molecular weight is 331 g/mol. The summed E-state index contributed by atoms with van der Waals surface area (Å²) in [6.07, 6.45) is 4.04. The standard InChI is InChI=1S/C20H29NO3/c1-14-5-7-15(8-6-14)13-23-18-11-16-9-10-17(12-18)21(16)19(22)24-20(2,3)4/h5-8,16-18H,9-13H2,1-4H3/t16-,17+,18+. The van der Waals surface area contributed by atoms with Gasteiger partial charge in [0, 0.05) is 12.1 Å². The van der Waals surface area contributed by atoms with E-state index in [0.717, 1.165) is 25.7 Å². The van der Waals surface area contributed by atoms with Crippen molar-refractivity contribution in [3.05, 3.63) is 35.4 Å². The first-order valence-electron chi connectivity index (χ1n) is 9.00. The zero-order valence-corrected chi connectivity index (χ0v) is 15.2. The molecule has 2 aliphatic rings. The Kier molecular flexibility index (Phi) is 4.86. The number of carbonyl (C=O) groups excluding carboxylic acids is 1. The zero-order chi connectivity index (χ0) is 17.3. The van der Waals surface area contributed by atoms with Gasteiger partial charge in [-0.05, 0) is 58.9 Å². The number of carbonyl (C=O) groups is 1. The molecule has 2 bridgehead atoms. The first kappa shape index (κ1) is 17.3. The monoisotopic (exact) mass is 331 g/mol. The molecule has 0 aromatic heterocycles.